The van der Waals surface area contributed by atoms with Crippen LogP contribution in [-0.4, -0.2) is 20.1 Å². The number of hydrogen-bond donors (Lipinski definition) is 1. The van der Waals surface area contributed by atoms with Gasteiger partial charge in [0.1, 0.15) is 0 Å². The summed E-state index contributed by atoms with van der Waals surface area (Å²) in [5.41, 5.74) is 4.07. The van der Waals surface area contributed by atoms with Gasteiger partial charge in [-0.05, 0) is 49.6 Å². The second kappa shape index (κ2) is 7.24. The molecule has 0 spiro atoms. The first-order chi connectivity index (χ1) is 13.8. The summed E-state index contributed by atoms with van der Waals surface area (Å²) in [7, 11) is -3.81. The fourth-order valence-corrected chi connectivity index (χ4v) is 4.68. The normalized spacial score (nSPS) is 20.1. The zero-order chi connectivity index (χ0) is 20.8. The Morgan fingerprint density at radius 2 is 1.62 bits per heavy atom. The molecule has 4 rings (SSSR count). The lowest BCUT2D eigenvalue weighted by Crippen LogP contribution is -2.40. The van der Waals surface area contributed by atoms with Crippen LogP contribution in [0.2, 0.25) is 0 Å². The van der Waals surface area contributed by atoms with E-state index < -0.39 is 10.0 Å². The summed E-state index contributed by atoms with van der Waals surface area (Å²) in [6, 6.07) is 13.8. The number of nitrogens with zero attached hydrogens (tertiary/aromatic N) is 1. The monoisotopic (exact) mass is 410 g/mol. The lowest BCUT2D eigenvalue weighted by atomic mass is 9.77. The van der Waals surface area contributed by atoms with Crippen molar-refractivity contribution in [2.75, 3.05) is 4.90 Å². The van der Waals surface area contributed by atoms with Gasteiger partial charge in [0.25, 0.3) is 0 Å². The number of ketones is 1. The van der Waals surface area contributed by atoms with Crippen LogP contribution in [0.25, 0.3) is 0 Å². The number of sulfonamides is 1. The van der Waals surface area contributed by atoms with E-state index in [1.165, 1.54) is 12.1 Å². The Labute approximate surface area is 170 Å². The van der Waals surface area contributed by atoms with Gasteiger partial charge in [0, 0.05) is 35.7 Å². The lowest BCUT2D eigenvalue weighted by molar-refractivity contribution is -0.119. The number of anilines is 1. The average Bonchev–Trinajstić information content (AvgIpc) is 2.67. The molecule has 1 aliphatic carbocycles. The van der Waals surface area contributed by atoms with E-state index in [0.717, 1.165) is 16.8 Å². The largest absolute Gasteiger partial charge is 0.294 e. The molecule has 0 saturated carbocycles. The van der Waals surface area contributed by atoms with Crippen LogP contribution in [0.1, 0.15) is 42.7 Å². The molecule has 0 aromatic heterocycles. The molecule has 1 unspecified atom stereocenters. The molecule has 7 heteroatoms. The number of benzene rings is 2. The van der Waals surface area contributed by atoms with Gasteiger partial charge in [0.2, 0.25) is 15.9 Å². The maximum atomic E-state index is 13.1. The highest BCUT2D eigenvalue weighted by Gasteiger charge is 2.39. The fraction of sp³-hybridized carbons (Fsp3) is 0.273. The number of nitrogens with two attached hydrogens (primary N) is 1. The third kappa shape index (κ3) is 3.63. The topological polar surface area (TPSA) is 97.5 Å². The van der Waals surface area contributed by atoms with Gasteiger partial charge in [0.05, 0.1) is 4.90 Å². The summed E-state index contributed by atoms with van der Waals surface area (Å²) >= 11 is 0. The standard InChI is InChI=1S/C22H22N2O4S/c1-14-5-7-15(8-6-14)18-13-21(26)24(19-3-2-4-20(25)22(18)19)16-9-11-17(12-10-16)29(23,27)28/h5-12,18H,2-4,13H2,1H3,(H2,23,27,28). The van der Waals surface area contributed by atoms with E-state index >= 15 is 0 Å². The van der Waals surface area contributed by atoms with Crippen LogP contribution in [0.3, 0.4) is 0 Å². The highest BCUT2D eigenvalue weighted by atomic mass is 32.2. The van der Waals surface area contributed by atoms with Crippen LogP contribution < -0.4 is 10.0 Å². The molecule has 29 heavy (non-hydrogen) atoms. The molecule has 1 atom stereocenters. The Balaban J connectivity index is 1.81. The molecule has 1 heterocycles. The van der Waals surface area contributed by atoms with Crippen molar-refractivity contribution in [2.45, 2.75) is 43.4 Å². The second-order valence-electron chi connectivity index (χ2n) is 7.57. The van der Waals surface area contributed by atoms with Gasteiger partial charge in [-0.3, -0.25) is 14.5 Å². The Hall–Kier alpha value is -2.77. The molecular weight excluding hydrogens is 388 g/mol. The minimum Gasteiger partial charge on any atom is -0.294 e. The number of aryl methyl sites for hydroxylation is 1. The van der Waals surface area contributed by atoms with Crippen LogP contribution >= 0.6 is 0 Å². The zero-order valence-electron chi connectivity index (χ0n) is 16.1. The maximum absolute atomic E-state index is 13.1. The number of allylic oxidation sites excluding steroid dienone is 2. The van der Waals surface area contributed by atoms with E-state index in [2.05, 4.69) is 0 Å². The van der Waals surface area contributed by atoms with Crippen molar-refractivity contribution in [3.8, 4) is 0 Å². The molecule has 150 valence electrons. The number of rotatable bonds is 3. The van der Waals surface area contributed by atoms with Crippen molar-refractivity contribution in [1.82, 2.24) is 0 Å². The van der Waals surface area contributed by atoms with Crippen molar-refractivity contribution in [1.29, 1.82) is 0 Å². The minimum atomic E-state index is -3.81. The Morgan fingerprint density at radius 3 is 2.24 bits per heavy atom. The van der Waals surface area contributed by atoms with E-state index in [4.69, 9.17) is 5.14 Å². The van der Waals surface area contributed by atoms with Gasteiger partial charge in [-0.25, -0.2) is 13.6 Å². The van der Waals surface area contributed by atoms with Gasteiger partial charge in [0.15, 0.2) is 5.78 Å². The summed E-state index contributed by atoms with van der Waals surface area (Å²) < 4.78 is 23.0. The van der Waals surface area contributed by atoms with E-state index in [9.17, 15) is 18.0 Å². The van der Waals surface area contributed by atoms with E-state index in [1.54, 1.807) is 17.0 Å². The van der Waals surface area contributed by atoms with Crippen molar-refractivity contribution in [3.63, 3.8) is 0 Å². The maximum Gasteiger partial charge on any atom is 0.238 e. The zero-order valence-corrected chi connectivity index (χ0v) is 16.9. The summed E-state index contributed by atoms with van der Waals surface area (Å²) in [4.78, 5) is 27.5. The summed E-state index contributed by atoms with van der Waals surface area (Å²) in [6.07, 6.45) is 2.00. The lowest BCUT2D eigenvalue weighted by Gasteiger charge is -2.38. The quantitative estimate of drug-likeness (QED) is 0.840. The molecule has 2 aromatic rings. The Kier molecular flexibility index (Phi) is 4.88. The number of carbonyl (C=O) groups is 2. The number of hydrogen-bond acceptors (Lipinski definition) is 4. The first-order valence-electron chi connectivity index (χ1n) is 9.54. The van der Waals surface area contributed by atoms with Crippen molar-refractivity contribution < 1.29 is 18.0 Å². The molecule has 1 amide bonds. The van der Waals surface area contributed by atoms with Gasteiger partial charge in [-0.15, -0.1) is 0 Å². The van der Waals surface area contributed by atoms with E-state index in [1.807, 2.05) is 31.2 Å². The summed E-state index contributed by atoms with van der Waals surface area (Å²) in [5, 5.41) is 5.17. The van der Waals surface area contributed by atoms with Crippen molar-refractivity contribution in [3.05, 3.63) is 70.9 Å². The van der Waals surface area contributed by atoms with Crippen LogP contribution in [0.15, 0.2) is 64.7 Å². The Morgan fingerprint density at radius 1 is 0.966 bits per heavy atom. The van der Waals surface area contributed by atoms with Crippen molar-refractivity contribution >= 4 is 27.4 Å². The molecular formula is C22H22N2O4S. The highest BCUT2D eigenvalue weighted by Crippen LogP contribution is 2.43. The Bertz CT molecular complexity index is 1120. The number of Topliss-reactive ketones (excluding diaryl/α,β-unsaturated/α-hetero) is 1. The van der Waals surface area contributed by atoms with Crippen LogP contribution in [0.4, 0.5) is 5.69 Å². The first kappa shape index (κ1) is 19.5. The van der Waals surface area contributed by atoms with Gasteiger partial charge < -0.3 is 0 Å². The fourth-order valence-electron chi connectivity index (χ4n) is 4.16. The van der Waals surface area contributed by atoms with Gasteiger partial charge in [-0.1, -0.05) is 29.8 Å². The SMILES string of the molecule is Cc1ccc(C2CC(=O)N(c3ccc(S(N)(=O)=O)cc3)C3=C2C(=O)CCC3)cc1. The van der Waals surface area contributed by atoms with Gasteiger partial charge in [-0.2, -0.15) is 0 Å². The molecule has 2 aliphatic rings. The number of carbonyl (C=O) groups excluding carboxylic acids is 2. The summed E-state index contributed by atoms with van der Waals surface area (Å²) in [5.74, 6) is -0.270. The van der Waals surface area contributed by atoms with Crippen LogP contribution in [0.5, 0.6) is 0 Å². The second-order valence-corrected chi connectivity index (χ2v) is 9.13. The highest BCUT2D eigenvalue weighted by molar-refractivity contribution is 7.89. The third-order valence-corrected chi connectivity index (χ3v) is 6.51. The molecule has 2 N–H and O–H groups in total. The number of primary sulfonamides is 1. The van der Waals surface area contributed by atoms with Gasteiger partial charge >= 0.3 is 0 Å². The van der Waals surface area contributed by atoms with E-state index in [0.29, 0.717) is 30.5 Å². The average molecular weight is 410 g/mol. The smallest absolute Gasteiger partial charge is 0.238 e. The van der Waals surface area contributed by atoms with E-state index in [-0.39, 0.29) is 28.9 Å². The molecule has 6 nitrogen and oxygen atoms in total. The third-order valence-electron chi connectivity index (χ3n) is 5.58. The molecule has 0 saturated heterocycles. The molecule has 2 aromatic carbocycles. The summed E-state index contributed by atoms with van der Waals surface area (Å²) in [6.45, 7) is 2.00. The van der Waals surface area contributed by atoms with Crippen LogP contribution in [-0.2, 0) is 19.6 Å². The minimum absolute atomic E-state index is 0.0165. The predicted molar refractivity (Wildman–Crippen MR) is 110 cm³/mol. The molecule has 0 fully saturated rings. The number of amides is 1. The predicted octanol–water partition coefficient (Wildman–Crippen LogP) is 3.17. The molecule has 1 aliphatic heterocycles. The molecule has 0 radical (unpaired) electrons. The van der Waals surface area contributed by atoms with Crippen LogP contribution in [0, 0.1) is 6.92 Å². The van der Waals surface area contributed by atoms with Crippen molar-refractivity contribution in [2.24, 2.45) is 5.14 Å². The first-order valence-corrected chi connectivity index (χ1v) is 11.1. The molecule has 0 bridgehead atoms.